The molecule has 0 aliphatic carbocycles. The van der Waals surface area contributed by atoms with Crippen molar-refractivity contribution in [1.82, 2.24) is 10.4 Å². The van der Waals surface area contributed by atoms with E-state index in [1.54, 1.807) is 42.6 Å². The van der Waals surface area contributed by atoms with Gasteiger partial charge in [-0.05, 0) is 36.5 Å². The zero-order valence-corrected chi connectivity index (χ0v) is 11.7. The van der Waals surface area contributed by atoms with Crippen LogP contribution in [0.1, 0.15) is 15.9 Å². The van der Waals surface area contributed by atoms with Crippen LogP contribution >= 0.6 is 12.2 Å². The maximum atomic E-state index is 12.0. The van der Waals surface area contributed by atoms with E-state index in [2.05, 4.69) is 27.7 Å². The normalized spacial score (nSPS) is 10.3. The molecule has 0 aliphatic heterocycles. The van der Waals surface area contributed by atoms with Crippen molar-refractivity contribution in [3.63, 3.8) is 0 Å². The molecule has 21 heavy (non-hydrogen) atoms. The molecule has 7 heteroatoms. The topological polar surface area (TPSA) is 89.6 Å². The molecule has 3 N–H and O–H groups in total. The number of carbonyl (C=O) groups excluding carboxylic acids is 1. The van der Waals surface area contributed by atoms with E-state index in [1.165, 1.54) is 12.4 Å². The van der Waals surface area contributed by atoms with Crippen LogP contribution in [0.15, 0.2) is 53.9 Å². The van der Waals surface area contributed by atoms with Crippen LogP contribution in [-0.4, -0.2) is 22.3 Å². The zero-order valence-electron chi connectivity index (χ0n) is 10.9. The Labute approximate surface area is 126 Å². The minimum atomic E-state index is -0.494. The highest BCUT2D eigenvalue weighted by atomic mass is 32.1. The molecular formula is C14H12N4O2S. The number of thiocarbonyl (C=S) groups is 1. The number of hydrazone groups is 1. The van der Waals surface area contributed by atoms with Gasteiger partial charge in [0.1, 0.15) is 5.75 Å². The maximum absolute atomic E-state index is 12.0. The summed E-state index contributed by atoms with van der Waals surface area (Å²) in [6.07, 6.45) is 4.48. The maximum Gasteiger partial charge on any atom is 0.345 e. The van der Waals surface area contributed by atoms with E-state index in [9.17, 15) is 4.79 Å². The molecule has 1 heterocycles. The van der Waals surface area contributed by atoms with Crippen LogP contribution in [0.3, 0.4) is 0 Å². The van der Waals surface area contributed by atoms with Crippen LogP contribution in [0, 0.1) is 0 Å². The number of para-hydroxylation sites is 1. The van der Waals surface area contributed by atoms with Gasteiger partial charge in [-0.3, -0.25) is 10.4 Å². The number of aromatic nitrogens is 1. The van der Waals surface area contributed by atoms with Gasteiger partial charge >= 0.3 is 5.97 Å². The number of benzene rings is 1. The van der Waals surface area contributed by atoms with Gasteiger partial charge < -0.3 is 10.5 Å². The van der Waals surface area contributed by atoms with Gasteiger partial charge in [-0.2, -0.15) is 5.10 Å². The van der Waals surface area contributed by atoms with Crippen molar-refractivity contribution in [1.29, 1.82) is 0 Å². The molecule has 0 amide bonds. The summed E-state index contributed by atoms with van der Waals surface area (Å²) in [5.41, 5.74) is 8.68. The first kappa shape index (κ1) is 14.6. The van der Waals surface area contributed by atoms with E-state index >= 15 is 0 Å². The lowest BCUT2D eigenvalue weighted by atomic mass is 10.2. The lowest BCUT2D eigenvalue weighted by Crippen LogP contribution is -2.24. The molecular weight excluding hydrogens is 288 g/mol. The number of pyridine rings is 1. The number of esters is 1. The molecule has 0 spiro atoms. The van der Waals surface area contributed by atoms with Gasteiger partial charge in [0.05, 0.1) is 11.8 Å². The quantitative estimate of drug-likeness (QED) is 0.292. The van der Waals surface area contributed by atoms with E-state index in [-0.39, 0.29) is 5.11 Å². The molecule has 1 aromatic carbocycles. The minimum Gasteiger partial charge on any atom is -0.422 e. The molecule has 1 aromatic heterocycles. The summed E-state index contributed by atoms with van der Waals surface area (Å²) < 4.78 is 5.33. The second kappa shape index (κ2) is 7.11. The number of rotatable bonds is 4. The summed E-state index contributed by atoms with van der Waals surface area (Å²) in [7, 11) is 0. The Bertz CT molecular complexity index is 674. The largest absolute Gasteiger partial charge is 0.422 e. The van der Waals surface area contributed by atoms with Crippen molar-refractivity contribution in [2.75, 3.05) is 0 Å². The van der Waals surface area contributed by atoms with Crippen molar-refractivity contribution < 1.29 is 9.53 Å². The summed E-state index contributed by atoms with van der Waals surface area (Å²) in [6, 6.07) is 10.2. The second-order valence-corrected chi connectivity index (χ2v) is 4.34. The van der Waals surface area contributed by atoms with Gasteiger partial charge in [0.15, 0.2) is 5.11 Å². The van der Waals surface area contributed by atoms with Crippen LogP contribution in [0.4, 0.5) is 0 Å². The van der Waals surface area contributed by atoms with Crippen LogP contribution in [0.2, 0.25) is 0 Å². The van der Waals surface area contributed by atoms with Crippen molar-refractivity contribution in [3.05, 3.63) is 59.9 Å². The van der Waals surface area contributed by atoms with Gasteiger partial charge in [-0.15, -0.1) is 0 Å². The highest BCUT2D eigenvalue weighted by Gasteiger charge is 2.10. The molecule has 0 fully saturated rings. The molecule has 6 nitrogen and oxygen atoms in total. The molecule has 2 aromatic rings. The van der Waals surface area contributed by atoms with Crippen molar-refractivity contribution in [2.24, 2.45) is 10.8 Å². The van der Waals surface area contributed by atoms with Crippen LogP contribution in [0.25, 0.3) is 0 Å². The Hall–Kier alpha value is -2.80. The molecule has 0 unspecified atom stereocenters. The van der Waals surface area contributed by atoms with Crippen molar-refractivity contribution >= 4 is 29.5 Å². The number of nitrogens with two attached hydrogens (primary N) is 1. The lowest BCUT2D eigenvalue weighted by Gasteiger charge is -2.06. The number of carbonyl (C=O) groups is 1. The molecule has 0 saturated carbocycles. The smallest absolute Gasteiger partial charge is 0.345 e. The Kier molecular flexibility index (Phi) is 4.94. The van der Waals surface area contributed by atoms with E-state index in [1.807, 2.05) is 0 Å². The Morgan fingerprint density at radius 1 is 1.33 bits per heavy atom. The SMILES string of the molecule is NC(=S)NN=Cc1ccccc1OC(=O)c1cccnc1. The van der Waals surface area contributed by atoms with E-state index in [0.29, 0.717) is 16.9 Å². The summed E-state index contributed by atoms with van der Waals surface area (Å²) in [5.74, 6) is -0.119. The van der Waals surface area contributed by atoms with E-state index in [4.69, 9.17) is 10.5 Å². The van der Waals surface area contributed by atoms with E-state index < -0.39 is 5.97 Å². The fraction of sp³-hybridized carbons (Fsp3) is 0. The fourth-order valence-electron chi connectivity index (χ4n) is 1.49. The third-order valence-electron chi connectivity index (χ3n) is 2.40. The summed E-state index contributed by atoms with van der Waals surface area (Å²) in [4.78, 5) is 15.9. The average molecular weight is 300 g/mol. The molecule has 0 bridgehead atoms. The van der Waals surface area contributed by atoms with Gasteiger partial charge in [-0.25, -0.2) is 4.79 Å². The van der Waals surface area contributed by atoms with Crippen LogP contribution in [-0.2, 0) is 0 Å². The van der Waals surface area contributed by atoms with Gasteiger partial charge in [0.2, 0.25) is 0 Å². The molecule has 0 saturated heterocycles. The van der Waals surface area contributed by atoms with Crippen molar-refractivity contribution in [3.8, 4) is 5.75 Å². The lowest BCUT2D eigenvalue weighted by molar-refractivity contribution is 0.0734. The first-order valence-corrected chi connectivity index (χ1v) is 6.37. The minimum absolute atomic E-state index is 0.0519. The van der Waals surface area contributed by atoms with Gasteiger partial charge in [0, 0.05) is 18.0 Å². The molecule has 106 valence electrons. The van der Waals surface area contributed by atoms with Gasteiger partial charge in [-0.1, -0.05) is 12.1 Å². The van der Waals surface area contributed by atoms with Crippen LogP contribution < -0.4 is 15.9 Å². The zero-order chi connectivity index (χ0) is 15.1. The number of hydrogen-bond donors (Lipinski definition) is 2. The average Bonchev–Trinajstić information content (AvgIpc) is 2.49. The predicted octanol–water partition coefficient (Wildman–Crippen LogP) is 1.47. The highest BCUT2D eigenvalue weighted by Crippen LogP contribution is 2.17. The Morgan fingerprint density at radius 2 is 2.14 bits per heavy atom. The van der Waals surface area contributed by atoms with Crippen LogP contribution in [0.5, 0.6) is 5.75 Å². The molecule has 0 aliphatic rings. The molecule has 0 atom stereocenters. The monoisotopic (exact) mass is 300 g/mol. The molecule has 0 radical (unpaired) electrons. The highest BCUT2D eigenvalue weighted by molar-refractivity contribution is 7.80. The summed E-state index contributed by atoms with van der Waals surface area (Å²) in [6.45, 7) is 0. The van der Waals surface area contributed by atoms with E-state index in [0.717, 1.165) is 0 Å². The third-order valence-corrected chi connectivity index (χ3v) is 2.49. The van der Waals surface area contributed by atoms with Crippen molar-refractivity contribution in [2.45, 2.75) is 0 Å². The number of hydrogen-bond acceptors (Lipinski definition) is 5. The number of nitrogens with zero attached hydrogens (tertiary/aromatic N) is 2. The predicted molar refractivity (Wildman–Crippen MR) is 83.2 cm³/mol. The number of nitrogens with one attached hydrogen (secondary N) is 1. The second-order valence-electron chi connectivity index (χ2n) is 3.90. The third kappa shape index (κ3) is 4.36. The summed E-state index contributed by atoms with van der Waals surface area (Å²) >= 11 is 4.64. The standard InChI is InChI=1S/C14H12N4O2S/c15-14(21)18-17-9-10-4-1-2-6-12(10)20-13(19)11-5-3-7-16-8-11/h1-9H,(H3,15,18,21). The Morgan fingerprint density at radius 3 is 2.86 bits per heavy atom. The fourth-order valence-corrected chi connectivity index (χ4v) is 1.54. The summed E-state index contributed by atoms with van der Waals surface area (Å²) in [5, 5.41) is 3.89. The number of ether oxygens (including phenoxy) is 1. The van der Waals surface area contributed by atoms with Gasteiger partial charge in [0.25, 0.3) is 0 Å². The molecule has 2 rings (SSSR count). The Balaban J connectivity index is 2.15. The first-order valence-electron chi connectivity index (χ1n) is 5.96. The first-order chi connectivity index (χ1) is 10.2.